The Morgan fingerprint density at radius 3 is 2.50 bits per heavy atom. The number of hydrogen-bond donors (Lipinski definition) is 1. The van der Waals surface area contributed by atoms with Crippen molar-refractivity contribution in [2.45, 2.75) is 59.1 Å². The van der Waals surface area contributed by atoms with E-state index in [2.05, 4.69) is 4.98 Å². The van der Waals surface area contributed by atoms with Crippen molar-refractivity contribution in [3.05, 3.63) is 26.7 Å². The fraction of sp³-hybridized carbons (Fsp3) is 0.688. The number of fused-ring (bicyclic) bond motifs is 1. The molecule has 24 heavy (non-hydrogen) atoms. The number of hydrogen-bond acceptors (Lipinski definition) is 5. The van der Waals surface area contributed by atoms with Gasteiger partial charge < -0.3 is 9.94 Å². The van der Waals surface area contributed by atoms with Crippen LogP contribution in [0.3, 0.4) is 0 Å². The predicted octanol–water partition coefficient (Wildman–Crippen LogP) is 0.595. The monoisotopic (exact) mass is 338 g/mol. The minimum absolute atomic E-state index is 0.277. The van der Waals surface area contributed by atoms with Crippen LogP contribution < -0.4 is 16.1 Å². The maximum Gasteiger partial charge on any atom is 0.332 e. The Morgan fingerprint density at radius 1 is 1.25 bits per heavy atom. The van der Waals surface area contributed by atoms with E-state index < -0.39 is 16.9 Å². The molecule has 0 radical (unpaired) electrons. The maximum absolute atomic E-state index is 12.8. The SMILES string of the molecule is CCOn1c(C)nc2c1c(=O)n(CCCCC(C)(C)O)c(=O)n2C. The van der Waals surface area contributed by atoms with Crippen molar-refractivity contribution in [1.29, 1.82) is 0 Å². The van der Waals surface area contributed by atoms with Gasteiger partial charge in [-0.15, -0.1) is 0 Å². The highest BCUT2D eigenvalue weighted by atomic mass is 16.7. The van der Waals surface area contributed by atoms with E-state index in [4.69, 9.17) is 4.84 Å². The van der Waals surface area contributed by atoms with Crippen molar-refractivity contribution in [1.82, 2.24) is 18.8 Å². The van der Waals surface area contributed by atoms with Crippen LogP contribution in [0.1, 0.15) is 45.9 Å². The van der Waals surface area contributed by atoms with Gasteiger partial charge >= 0.3 is 5.69 Å². The first-order valence-electron chi connectivity index (χ1n) is 8.22. The van der Waals surface area contributed by atoms with Crippen LogP contribution in [0.5, 0.6) is 0 Å². The number of unbranched alkanes of at least 4 members (excludes halogenated alkanes) is 1. The molecule has 0 atom stereocenters. The lowest BCUT2D eigenvalue weighted by Crippen LogP contribution is -2.40. The minimum atomic E-state index is -0.745. The molecule has 0 aliphatic rings. The van der Waals surface area contributed by atoms with E-state index in [9.17, 15) is 14.7 Å². The molecular weight excluding hydrogens is 312 g/mol. The van der Waals surface area contributed by atoms with Crippen molar-refractivity contribution in [3.63, 3.8) is 0 Å². The summed E-state index contributed by atoms with van der Waals surface area (Å²) < 4.78 is 3.98. The zero-order valence-corrected chi connectivity index (χ0v) is 15.0. The van der Waals surface area contributed by atoms with Crippen molar-refractivity contribution >= 4 is 11.2 Å². The number of nitrogens with zero attached hydrogens (tertiary/aromatic N) is 4. The Balaban J connectivity index is 2.42. The quantitative estimate of drug-likeness (QED) is 0.746. The third kappa shape index (κ3) is 3.53. The largest absolute Gasteiger partial charge is 0.412 e. The highest BCUT2D eigenvalue weighted by Gasteiger charge is 2.19. The van der Waals surface area contributed by atoms with Crippen molar-refractivity contribution in [2.24, 2.45) is 7.05 Å². The summed E-state index contributed by atoms with van der Waals surface area (Å²) in [6.45, 7) is 7.73. The Labute approximate surface area is 140 Å². The van der Waals surface area contributed by atoms with E-state index in [0.29, 0.717) is 37.5 Å². The molecule has 0 aliphatic heterocycles. The highest BCUT2D eigenvalue weighted by molar-refractivity contribution is 5.70. The van der Waals surface area contributed by atoms with Gasteiger partial charge in [0.25, 0.3) is 5.56 Å². The van der Waals surface area contributed by atoms with Crippen LogP contribution in [0.25, 0.3) is 11.2 Å². The first-order valence-corrected chi connectivity index (χ1v) is 8.22. The summed E-state index contributed by atoms with van der Waals surface area (Å²) in [6.07, 6.45) is 1.97. The Bertz CT molecular complexity index is 839. The van der Waals surface area contributed by atoms with Gasteiger partial charge in [-0.1, -0.05) is 0 Å². The van der Waals surface area contributed by atoms with E-state index in [1.807, 2.05) is 6.92 Å². The van der Waals surface area contributed by atoms with E-state index in [1.165, 1.54) is 13.9 Å². The number of rotatable bonds is 7. The molecule has 0 spiro atoms. The van der Waals surface area contributed by atoms with Gasteiger partial charge in [-0.25, -0.2) is 9.78 Å². The summed E-state index contributed by atoms with van der Waals surface area (Å²) >= 11 is 0. The van der Waals surface area contributed by atoms with Crippen molar-refractivity contribution in [3.8, 4) is 0 Å². The molecule has 1 N–H and O–H groups in total. The summed E-state index contributed by atoms with van der Waals surface area (Å²) in [5.41, 5.74) is -0.935. The van der Waals surface area contributed by atoms with Crippen LogP contribution in [0.15, 0.2) is 9.59 Å². The summed E-state index contributed by atoms with van der Waals surface area (Å²) in [4.78, 5) is 35.0. The molecule has 0 saturated carbocycles. The molecule has 2 aromatic rings. The second-order valence-corrected chi connectivity index (χ2v) is 6.61. The molecule has 0 unspecified atom stereocenters. The molecule has 0 amide bonds. The third-order valence-corrected chi connectivity index (χ3v) is 3.94. The van der Waals surface area contributed by atoms with Gasteiger partial charge in [-0.3, -0.25) is 13.9 Å². The Hall–Kier alpha value is -2.09. The summed E-state index contributed by atoms with van der Waals surface area (Å²) in [6, 6.07) is 0. The number of aryl methyl sites for hydroxylation is 2. The van der Waals surface area contributed by atoms with E-state index >= 15 is 0 Å². The van der Waals surface area contributed by atoms with Crippen molar-refractivity contribution < 1.29 is 9.94 Å². The number of aliphatic hydroxyl groups is 1. The van der Waals surface area contributed by atoms with Crippen LogP contribution in [0, 0.1) is 6.92 Å². The average Bonchev–Trinajstić information content (AvgIpc) is 2.81. The fourth-order valence-corrected chi connectivity index (χ4v) is 2.72. The molecule has 0 fully saturated rings. The molecule has 0 aromatic carbocycles. The van der Waals surface area contributed by atoms with Gasteiger partial charge in [0.15, 0.2) is 11.2 Å². The molecule has 8 nitrogen and oxygen atoms in total. The van der Waals surface area contributed by atoms with Crippen LogP contribution >= 0.6 is 0 Å². The number of imidazole rings is 1. The average molecular weight is 338 g/mol. The molecule has 2 rings (SSSR count). The van der Waals surface area contributed by atoms with Gasteiger partial charge in [0.1, 0.15) is 12.4 Å². The van der Waals surface area contributed by atoms with Gasteiger partial charge in [0, 0.05) is 13.6 Å². The van der Waals surface area contributed by atoms with Crippen LogP contribution in [0.4, 0.5) is 0 Å². The lowest BCUT2D eigenvalue weighted by atomic mass is 10.0. The lowest BCUT2D eigenvalue weighted by molar-refractivity contribution is 0.0678. The van der Waals surface area contributed by atoms with Crippen molar-refractivity contribution in [2.75, 3.05) is 6.61 Å². The minimum Gasteiger partial charge on any atom is -0.412 e. The fourth-order valence-electron chi connectivity index (χ4n) is 2.72. The van der Waals surface area contributed by atoms with Gasteiger partial charge in [-0.2, -0.15) is 4.73 Å². The smallest absolute Gasteiger partial charge is 0.332 e. The zero-order valence-electron chi connectivity index (χ0n) is 15.0. The maximum atomic E-state index is 12.8. The molecule has 2 aromatic heterocycles. The van der Waals surface area contributed by atoms with Crippen LogP contribution in [0.2, 0.25) is 0 Å². The predicted molar refractivity (Wildman–Crippen MR) is 91.2 cm³/mol. The molecule has 134 valence electrons. The molecule has 0 bridgehead atoms. The van der Waals surface area contributed by atoms with E-state index in [0.717, 1.165) is 6.42 Å². The van der Waals surface area contributed by atoms with Gasteiger partial charge in [-0.05, 0) is 47.0 Å². The van der Waals surface area contributed by atoms with Crippen LogP contribution in [-0.2, 0) is 13.6 Å². The van der Waals surface area contributed by atoms with Crippen LogP contribution in [-0.4, -0.2) is 36.2 Å². The first kappa shape index (κ1) is 18.3. The second-order valence-electron chi connectivity index (χ2n) is 6.61. The van der Waals surface area contributed by atoms with E-state index in [-0.39, 0.29) is 5.52 Å². The molecule has 0 saturated heterocycles. The standard InChI is InChI=1S/C16H26N4O4/c1-6-24-20-11(2)17-13-12(20)14(21)19(15(22)18(13)5)10-8-7-9-16(3,4)23/h23H,6-10H2,1-5H3. The molecule has 2 heterocycles. The number of aromatic nitrogens is 4. The second kappa shape index (κ2) is 6.80. The third-order valence-electron chi connectivity index (χ3n) is 3.94. The summed E-state index contributed by atoms with van der Waals surface area (Å²) in [5.74, 6) is 0.527. The normalized spacial score (nSPS) is 12.1. The Morgan fingerprint density at radius 2 is 1.92 bits per heavy atom. The van der Waals surface area contributed by atoms with E-state index in [1.54, 1.807) is 27.8 Å². The van der Waals surface area contributed by atoms with Gasteiger partial charge in [0.05, 0.1) is 5.60 Å². The topological polar surface area (TPSA) is 91.3 Å². The Kier molecular flexibility index (Phi) is 5.17. The molecule has 0 aliphatic carbocycles. The first-order chi connectivity index (χ1) is 11.2. The molecular formula is C16H26N4O4. The van der Waals surface area contributed by atoms with Gasteiger partial charge in [0.2, 0.25) is 0 Å². The zero-order chi connectivity index (χ0) is 18.1. The summed E-state index contributed by atoms with van der Waals surface area (Å²) in [5, 5.41) is 9.75. The highest BCUT2D eigenvalue weighted by Crippen LogP contribution is 2.12. The summed E-state index contributed by atoms with van der Waals surface area (Å²) in [7, 11) is 1.60. The lowest BCUT2D eigenvalue weighted by Gasteiger charge is -2.16. The molecule has 8 heteroatoms.